The van der Waals surface area contributed by atoms with E-state index in [-0.39, 0.29) is 5.56 Å². The first-order valence-corrected chi connectivity index (χ1v) is 9.75. The van der Waals surface area contributed by atoms with Gasteiger partial charge in [0.25, 0.3) is 5.56 Å². The van der Waals surface area contributed by atoms with Gasteiger partial charge >= 0.3 is 0 Å². The van der Waals surface area contributed by atoms with Crippen molar-refractivity contribution < 1.29 is 0 Å². The fourth-order valence-corrected chi connectivity index (χ4v) is 3.84. The van der Waals surface area contributed by atoms with Crippen molar-refractivity contribution in [3.05, 3.63) is 88.3 Å². The third kappa shape index (κ3) is 3.07. The van der Waals surface area contributed by atoms with E-state index in [0.29, 0.717) is 0 Å². The van der Waals surface area contributed by atoms with E-state index in [1.54, 1.807) is 12.1 Å². The molecule has 1 aliphatic rings. The van der Waals surface area contributed by atoms with E-state index < -0.39 is 0 Å². The van der Waals surface area contributed by atoms with Crippen molar-refractivity contribution in [2.75, 3.05) is 6.54 Å². The van der Waals surface area contributed by atoms with Crippen LogP contribution >= 0.6 is 0 Å². The molecule has 6 heteroatoms. The second-order valence-electron chi connectivity index (χ2n) is 7.19. The molecule has 0 spiro atoms. The zero-order valence-corrected chi connectivity index (χ0v) is 16.2. The summed E-state index contributed by atoms with van der Waals surface area (Å²) in [5.41, 5.74) is 6.40. The van der Waals surface area contributed by atoms with Gasteiger partial charge in [0.05, 0.1) is 29.2 Å². The molecule has 0 amide bonds. The summed E-state index contributed by atoms with van der Waals surface area (Å²) in [6, 6.07) is 21.3. The van der Waals surface area contributed by atoms with Crippen molar-refractivity contribution in [1.82, 2.24) is 24.9 Å². The lowest BCUT2D eigenvalue weighted by molar-refractivity contribution is 0.477. The maximum atomic E-state index is 12.6. The number of para-hydroxylation sites is 1. The van der Waals surface area contributed by atoms with E-state index in [1.165, 1.54) is 4.68 Å². The molecule has 2 aromatic carbocycles. The predicted octanol–water partition coefficient (Wildman–Crippen LogP) is 3.17. The number of hydrogen-bond donors (Lipinski definition) is 1. The Morgan fingerprint density at radius 2 is 1.72 bits per heavy atom. The van der Waals surface area contributed by atoms with Crippen LogP contribution in [0.3, 0.4) is 0 Å². The summed E-state index contributed by atoms with van der Waals surface area (Å²) in [7, 11) is 0. The number of rotatable bonds is 3. The minimum Gasteiger partial charge on any atom is -0.309 e. The van der Waals surface area contributed by atoms with Gasteiger partial charge in [-0.25, -0.2) is 0 Å². The van der Waals surface area contributed by atoms with Crippen LogP contribution in [0.5, 0.6) is 0 Å². The van der Waals surface area contributed by atoms with E-state index in [2.05, 4.69) is 22.1 Å². The molecule has 0 saturated carbocycles. The number of nitrogens with zero attached hydrogens (tertiary/aromatic N) is 4. The Balaban J connectivity index is 1.75. The van der Waals surface area contributed by atoms with E-state index in [4.69, 9.17) is 10.2 Å². The highest BCUT2D eigenvalue weighted by Gasteiger charge is 2.24. The zero-order valence-electron chi connectivity index (χ0n) is 16.2. The van der Waals surface area contributed by atoms with Gasteiger partial charge in [-0.1, -0.05) is 48.5 Å². The Labute approximate surface area is 168 Å². The predicted molar refractivity (Wildman–Crippen MR) is 113 cm³/mol. The number of aromatic nitrogens is 4. The van der Waals surface area contributed by atoms with Crippen molar-refractivity contribution in [2.45, 2.75) is 20.0 Å². The Hall–Kier alpha value is -3.51. The molecule has 0 bridgehead atoms. The molecule has 5 rings (SSSR count). The summed E-state index contributed by atoms with van der Waals surface area (Å²) in [6.07, 6.45) is 0. The van der Waals surface area contributed by atoms with Gasteiger partial charge in [0.15, 0.2) is 0 Å². The average Bonchev–Trinajstić information content (AvgIpc) is 3.15. The van der Waals surface area contributed by atoms with Crippen LogP contribution in [0.4, 0.5) is 0 Å². The molecule has 1 aliphatic heterocycles. The molecule has 0 aliphatic carbocycles. The molecule has 0 radical (unpaired) electrons. The number of nitrogens with one attached hydrogen (secondary N) is 1. The SMILES string of the molecule is Cc1ccccc1-n1nc(-c2c(-c3ccccc3)nn3c2CNCC3)ccc1=O. The van der Waals surface area contributed by atoms with Crippen molar-refractivity contribution in [3.8, 4) is 28.2 Å². The molecule has 0 atom stereocenters. The molecule has 29 heavy (non-hydrogen) atoms. The summed E-state index contributed by atoms with van der Waals surface area (Å²) in [5.74, 6) is 0. The number of aryl methyl sites for hydroxylation is 1. The first kappa shape index (κ1) is 17.6. The van der Waals surface area contributed by atoms with Crippen molar-refractivity contribution in [1.29, 1.82) is 0 Å². The lowest BCUT2D eigenvalue weighted by Gasteiger charge is -2.16. The third-order valence-corrected chi connectivity index (χ3v) is 5.30. The molecule has 2 aromatic heterocycles. The Bertz CT molecular complexity index is 1240. The molecule has 0 fully saturated rings. The maximum Gasteiger partial charge on any atom is 0.271 e. The van der Waals surface area contributed by atoms with Crippen LogP contribution in [0.25, 0.3) is 28.2 Å². The molecule has 0 saturated heterocycles. The van der Waals surface area contributed by atoms with E-state index in [1.807, 2.05) is 49.4 Å². The van der Waals surface area contributed by atoms with Crippen LogP contribution in [-0.4, -0.2) is 26.1 Å². The van der Waals surface area contributed by atoms with Crippen LogP contribution in [0.1, 0.15) is 11.3 Å². The van der Waals surface area contributed by atoms with Crippen molar-refractivity contribution in [2.24, 2.45) is 0 Å². The summed E-state index contributed by atoms with van der Waals surface area (Å²) in [6.45, 7) is 4.41. The van der Waals surface area contributed by atoms with Crippen LogP contribution < -0.4 is 10.9 Å². The minimum absolute atomic E-state index is 0.150. The highest BCUT2D eigenvalue weighted by atomic mass is 16.1. The molecular weight excluding hydrogens is 362 g/mol. The fourth-order valence-electron chi connectivity index (χ4n) is 3.84. The van der Waals surface area contributed by atoms with E-state index >= 15 is 0 Å². The molecule has 0 unspecified atom stereocenters. The standard InChI is InChI=1S/C23H21N5O/c1-16-7-5-6-10-19(16)28-21(29)12-11-18(25-28)22-20-15-24-13-14-27(20)26-23(22)17-8-3-2-4-9-17/h2-12,24H,13-15H2,1H3. The topological polar surface area (TPSA) is 64.7 Å². The number of hydrogen-bond acceptors (Lipinski definition) is 4. The van der Waals surface area contributed by atoms with Crippen molar-refractivity contribution in [3.63, 3.8) is 0 Å². The molecule has 3 heterocycles. The van der Waals surface area contributed by atoms with Gasteiger partial charge < -0.3 is 5.32 Å². The van der Waals surface area contributed by atoms with Gasteiger partial charge in [-0.3, -0.25) is 9.48 Å². The van der Waals surface area contributed by atoms with Gasteiger partial charge in [-0.2, -0.15) is 14.9 Å². The first-order chi connectivity index (χ1) is 14.2. The Morgan fingerprint density at radius 3 is 2.55 bits per heavy atom. The highest BCUT2D eigenvalue weighted by molar-refractivity contribution is 5.81. The van der Waals surface area contributed by atoms with E-state index in [9.17, 15) is 4.79 Å². The minimum atomic E-state index is -0.150. The zero-order chi connectivity index (χ0) is 19.8. The summed E-state index contributed by atoms with van der Waals surface area (Å²) < 4.78 is 3.54. The Morgan fingerprint density at radius 1 is 0.931 bits per heavy atom. The number of benzene rings is 2. The second kappa shape index (κ2) is 7.14. The van der Waals surface area contributed by atoms with Gasteiger partial charge in [-0.05, 0) is 24.6 Å². The lowest BCUT2D eigenvalue weighted by Crippen LogP contribution is -2.28. The smallest absolute Gasteiger partial charge is 0.271 e. The van der Waals surface area contributed by atoms with Crippen LogP contribution in [0, 0.1) is 6.92 Å². The molecule has 6 nitrogen and oxygen atoms in total. The molecule has 4 aromatic rings. The van der Waals surface area contributed by atoms with Crippen LogP contribution in [-0.2, 0) is 13.1 Å². The normalized spacial score (nSPS) is 13.3. The molecular formula is C23H21N5O. The van der Waals surface area contributed by atoms with Gasteiger partial charge in [0, 0.05) is 24.7 Å². The third-order valence-electron chi connectivity index (χ3n) is 5.30. The number of fused-ring (bicyclic) bond motifs is 1. The second-order valence-corrected chi connectivity index (χ2v) is 7.19. The molecule has 144 valence electrons. The van der Waals surface area contributed by atoms with Gasteiger partial charge in [-0.15, -0.1) is 0 Å². The summed E-state index contributed by atoms with van der Waals surface area (Å²) in [5, 5.41) is 13.1. The summed E-state index contributed by atoms with van der Waals surface area (Å²) >= 11 is 0. The fraction of sp³-hybridized carbons (Fsp3) is 0.174. The largest absolute Gasteiger partial charge is 0.309 e. The molecule has 1 N–H and O–H groups in total. The van der Waals surface area contributed by atoms with Gasteiger partial charge in [0.2, 0.25) is 0 Å². The van der Waals surface area contributed by atoms with E-state index in [0.717, 1.165) is 59.1 Å². The van der Waals surface area contributed by atoms with Crippen molar-refractivity contribution >= 4 is 0 Å². The Kier molecular flexibility index (Phi) is 4.33. The maximum absolute atomic E-state index is 12.6. The van der Waals surface area contributed by atoms with Gasteiger partial charge in [0.1, 0.15) is 5.69 Å². The van der Waals surface area contributed by atoms with Crippen LogP contribution in [0.2, 0.25) is 0 Å². The van der Waals surface area contributed by atoms with Crippen LogP contribution in [0.15, 0.2) is 71.5 Å². The quantitative estimate of drug-likeness (QED) is 0.590. The monoisotopic (exact) mass is 383 g/mol. The lowest BCUT2D eigenvalue weighted by atomic mass is 10.0. The summed E-state index contributed by atoms with van der Waals surface area (Å²) in [4.78, 5) is 12.6. The first-order valence-electron chi connectivity index (χ1n) is 9.75. The highest BCUT2D eigenvalue weighted by Crippen LogP contribution is 2.34. The average molecular weight is 383 g/mol.